The fraction of sp³-hybridized carbons (Fsp3) is 0.350. The minimum Gasteiger partial charge on any atom is -0.482 e. The first-order valence-electron chi connectivity index (χ1n) is 8.71. The third-order valence-corrected chi connectivity index (χ3v) is 4.25. The number of aromatic amines is 1. The quantitative estimate of drug-likeness (QED) is 0.693. The second-order valence-electron chi connectivity index (χ2n) is 6.33. The topological polar surface area (TPSA) is 99.7 Å². The second-order valence-corrected chi connectivity index (χ2v) is 6.33. The highest BCUT2D eigenvalue weighted by Gasteiger charge is 2.24. The van der Waals surface area contributed by atoms with Crippen LogP contribution in [0.15, 0.2) is 24.3 Å². The van der Waals surface area contributed by atoms with Crippen molar-refractivity contribution in [3.05, 3.63) is 46.8 Å². The number of aromatic nitrogens is 1. The Morgan fingerprint density at radius 3 is 2.33 bits per heavy atom. The van der Waals surface area contributed by atoms with Crippen LogP contribution >= 0.6 is 0 Å². The van der Waals surface area contributed by atoms with Gasteiger partial charge in [-0.3, -0.25) is 9.59 Å². The zero-order valence-electron chi connectivity index (χ0n) is 16.0. The van der Waals surface area contributed by atoms with E-state index in [-0.39, 0.29) is 11.7 Å². The van der Waals surface area contributed by atoms with Gasteiger partial charge in [0.05, 0.1) is 0 Å². The first-order valence-corrected chi connectivity index (χ1v) is 8.71. The molecule has 2 rings (SSSR count). The highest BCUT2D eigenvalue weighted by Crippen LogP contribution is 2.25. The molecule has 0 atom stereocenters. The van der Waals surface area contributed by atoms with E-state index < -0.39 is 12.6 Å². The molecule has 0 bridgehead atoms. The highest BCUT2D eigenvalue weighted by atomic mass is 16.5. The average Bonchev–Trinajstić information content (AvgIpc) is 2.95. The number of aryl methyl sites for hydroxylation is 1. The molecule has 0 spiro atoms. The van der Waals surface area contributed by atoms with Crippen molar-refractivity contribution in [2.75, 3.05) is 18.6 Å². The van der Waals surface area contributed by atoms with E-state index >= 15 is 0 Å². The fourth-order valence-corrected chi connectivity index (χ4v) is 3.03. The number of nitrogens with one attached hydrogen (secondary N) is 1. The van der Waals surface area contributed by atoms with Crippen LogP contribution in [0.1, 0.15) is 52.4 Å². The molecule has 1 heterocycles. The normalized spacial score (nSPS) is 10.5. The van der Waals surface area contributed by atoms with Gasteiger partial charge in [-0.2, -0.15) is 0 Å². The van der Waals surface area contributed by atoms with Crippen molar-refractivity contribution in [1.82, 2.24) is 4.98 Å². The number of hydrogen-bond donors (Lipinski definition) is 2. The Labute approximate surface area is 157 Å². The van der Waals surface area contributed by atoms with Crippen molar-refractivity contribution in [1.29, 1.82) is 0 Å². The van der Waals surface area contributed by atoms with E-state index in [0.717, 1.165) is 12.0 Å². The molecule has 2 N–H and O–H groups in total. The van der Waals surface area contributed by atoms with Crippen molar-refractivity contribution in [3.63, 3.8) is 0 Å². The Hall–Kier alpha value is -3.09. The van der Waals surface area contributed by atoms with Crippen LogP contribution in [0.25, 0.3) is 0 Å². The number of H-pyrrole nitrogens is 1. The Morgan fingerprint density at radius 2 is 1.81 bits per heavy atom. The summed E-state index contributed by atoms with van der Waals surface area (Å²) in [6.07, 6.45) is 1.45. The van der Waals surface area contributed by atoms with Crippen molar-refractivity contribution in [2.24, 2.45) is 0 Å². The van der Waals surface area contributed by atoms with E-state index in [1.807, 2.05) is 6.92 Å². The van der Waals surface area contributed by atoms with Crippen LogP contribution in [0.3, 0.4) is 0 Å². The first-order chi connectivity index (χ1) is 12.8. The van der Waals surface area contributed by atoms with Crippen LogP contribution in [-0.4, -0.2) is 41.4 Å². The second kappa shape index (κ2) is 8.53. The molecule has 0 radical (unpaired) electrons. The summed E-state index contributed by atoms with van der Waals surface area (Å²) in [5, 5.41) is 8.64. The molecule has 1 amide bonds. The van der Waals surface area contributed by atoms with E-state index in [0.29, 0.717) is 34.8 Å². The lowest BCUT2D eigenvalue weighted by molar-refractivity contribution is -0.139. The van der Waals surface area contributed by atoms with Crippen LogP contribution in [-0.2, 0) is 11.2 Å². The number of hydrogen-bond acceptors (Lipinski definition) is 4. The standard InChI is InChI=1S/C20H24N2O5/c1-5-6-16-18(13(3)23)12(2)21-19(16)20(26)22(4)14-7-9-15(10-8-14)27-11-17(24)25/h7-10,21H,5-6,11H2,1-4H3,(H,24,25). The van der Waals surface area contributed by atoms with Gasteiger partial charge in [-0.15, -0.1) is 0 Å². The average molecular weight is 372 g/mol. The molecule has 144 valence electrons. The number of carboxylic acid groups (broad SMARTS) is 1. The molecule has 1 aromatic carbocycles. The molecule has 2 aromatic rings. The number of nitrogens with zero attached hydrogens (tertiary/aromatic N) is 1. The number of amides is 1. The van der Waals surface area contributed by atoms with Gasteiger partial charge in [0.1, 0.15) is 11.4 Å². The molecule has 1 aromatic heterocycles. The molecule has 0 aliphatic carbocycles. The minimum absolute atomic E-state index is 0.0613. The van der Waals surface area contributed by atoms with Gasteiger partial charge >= 0.3 is 5.97 Å². The van der Waals surface area contributed by atoms with Crippen LogP contribution in [0, 0.1) is 6.92 Å². The smallest absolute Gasteiger partial charge is 0.341 e. The van der Waals surface area contributed by atoms with Crippen molar-refractivity contribution >= 4 is 23.3 Å². The lowest BCUT2D eigenvalue weighted by Gasteiger charge is -2.18. The maximum Gasteiger partial charge on any atom is 0.341 e. The first kappa shape index (κ1) is 20.2. The van der Waals surface area contributed by atoms with Crippen molar-refractivity contribution in [3.8, 4) is 5.75 Å². The minimum atomic E-state index is -1.06. The van der Waals surface area contributed by atoms with Crippen LogP contribution in [0.5, 0.6) is 5.75 Å². The molecule has 27 heavy (non-hydrogen) atoms. The summed E-state index contributed by atoms with van der Waals surface area (Å²) < 4.78 is 5.10. The Morgan fingerprint density at radius 1 is 1.19 bits per heavy atom. The number of Topliss-reactive ketones (excluding diaryl/α,β-unsaturated/α-hetero) is 1. The van der Waals surface area contributed by atoms with E-state index in [1.54, 1.807) is 38.2 Å². The molecule has 0 aliphatic rings. The lowest BCUT2D eigenvalue weighted by Crippen LogP contribution is -2.27. The Balaban J connectivity index is 2.28. The van der Waals surface area contributed by atoms with Gasteiger partial charge in [0.15, 0.2) is 12.4 Å². The molecule has 0 fully saturated rings. The highest BCUT2D eigenvalue weighted by molar-refractivity contribution is 6.08. The van der Waals surface area contributed by atoms with E-state index in [1.165, 1.54) is 11.8 Å². The van der Waals surface area contributed by atoms with Gasteiger partial charge in [0, 0.05) is 24.0 Å². The molecule has 7 heteroatoms. The molecule has 7 nitrogen and oxygen atoms in total. The maximum absolute atomic E-state index is 13.0. The fourth-order valence-electron chi connectivity index (χ4n) is 3.03. The largest absolute Gasteiger partial charge is 0.482 e. The molecule has 0 aliphatic heterocycles. The molecular weight excluding hydrogens is 348 g/mol. The number of anilines is 1. The monoisotopic (exact) mass is 372 g/mol. The van der Waals surface area contributed by atoms with E-state index in [4.69, 9.17) is 9.84 Å². The zero-order chi connectivity index (χ0) is 20.1. The number of carbonyl (C=O) groups excluding carboxylic acids is 2. The third-order valence-electron chi connectivity index (χ3n) is 4.25. The lowest BCUT2D eigenvalue weighted by atomic mass is 10.0. The summed E-state index contributed by atoms with van der Waals surface area (Å²) >= 11 is 0. The van der Waals surface area contributed by atoms with Crippen LogP contribution in [0.4, 0.5) is 5.69 Å². The van der Waals surface area contributed by atoms with Gasteiger partial charge in [0.2, 0.25) is 0 Å². The van der Waals surface area contributed by atoms with Crippen LogP contribution < -0.4 is 9.64 Å². The number of rotatable bonds is 8. The molecule has 0 saturated carbocycles. The summed E-state index contributed by atoms with van der Waals surface area (Å²) in [6.45, 7) is 4.87. The van der Waals surface area contributed by atoms with Crippen LogP contribution in [0.2, 0.25) is 0 Å². The Bertz CT molecular complexity index is 852. The molecule has 0 unspecified atom stereocenters. The summed E-state index contributed by atoms with van der Waals surface area (Å²) in [4.78, 5) is 40.1. The van der Waals surface area contributed by atoms with Gasteiger partial charge < -0.3 is 19.7 Å². The van der Waals surface area contributed by atoms with Gasteiger partial charge in [0.25, 0.3) is 5.91 Å². The number of aliphatic carboxylic acids is 1. The van der Waals surface area contributed by atoms with Gasteiger partial charge in [-0.05, 0) is 50.1 Å². The summed E-state index contributed by atoms with van der Waals surface area (Å²) in [5.41, 5.74) is 3.09. The number of carbonyl (C=O) groups is 3. The number of ether oxygens (including phenoxy) is 1. The number of ketones is 1. The van der Waals surface area contributed by atoms with Crippen molar-refractivity contribution in [2.45, 2.75) is 33.6 Å². The Kier molecular flexibility index (Phi) is 6.39. The summed E-state index contributed by atoms with van der Waals surface area (Å²) in [6, 6.07) is 6.57. The summed E-state index contributed by atoms with van der Waals surface area (Å²) in [5.74, 6) is -0.955. The predicted molar refractivity (Wildman–Crippen MR) is 102 cm³/mol. The number of carboxylic acids is 1. The van der Waals surface area contributed by atoms with Gasteiger partial charge in [-0.1, -0.05) is 13.3 Å². The number of benzene rings is 1. The van der Waals surface area contributed by atoms with Gasteiger partial charge in [-0.25, -0.2) is 4.79 Å². The SMILES string of the molecule is CCCc1c(C(=O)N(C)c2ccc(OCC(=O)O)cc2)[nH]c(C)c1C(C)=O. The molecule has 0 saturated heterocycles. The zero-order valence-corrected chi connectivity index (χ0v) is 16.0. The van der Waals surface area contributed by atoms with E-state index in [2.05, 4.69) is 4.98 Å². The van der Waals surface area contributed by atoms with E-state index in [9.17, 15) is 14.4 Å². The predicted octanol–water partition coefficient (Wildman–Crippen LogP) is 3.22. The maximum atomic E-state index is 13.0. The molecular formula is C20H24N2O5. The third kappa shape index (κ3) is 4.55. The van der Waals surface area contributed by atoms with Crippen molar-refractivity contribution < 1.29 is 24.2 Å². The summed E-state index contributed by atoms with van der Waals surface area (Å²) in [7, 11) is 1.65.